The molecule has 0 saturated heterocycles. The average Bonchev–Trinajstić information content (AvgIpc) is 2.40. The minimum atomic E-state index is -4.68. The first-order valence-corrected chi connectivity index (χ1v) is 6.19. The standard InChI is InChI=1S/C14H10ClF3N2O2/c1-2-3-12(21)9(7-19)13(22)20-8-4-5-11(15)10(6-8)14(16,17)18/h2,4-6,21H,1,3H2,(H,20,22)/b12-9-. The van der Waals surface area contributed by atoms with Crippen LogP contribution in [0.15, 0.2) is 42.2 Å². The first-order chi connectivity index (χ1) is 10.2. The first kappa shape index (κ1) is 17.6. The lowest BCUT2D eigenvalue weighted by atomic mass is 10.1. The van der Waals surface area contributed by atoms with E-state index in [-0.39, 0.29) is 12.1 Å². The number of alkyl halides is 3. The third-order valence-corrected chi connectivity index (χ3v) is 2.82. The number of carbonyl (C=O) groups is 1. The summed E-state index contributed by atoms with van der Waals surface area (Å²) >= 11 is 5.45. The zero-order valence-electron chi connectivity index (χ0n) is 11.0. The molecule has 8 heteroatoms. The minimum absolute atomic E-state index is 0.120. The molecule has 0 radical (unpaired) electrons. The molecule has 1 aromatic rings. The van der Waals surface area contributed by atoms with Gasteiger partial charge in [0.1, 0.15) is 11.8 Å². The van der Waals surface area contributed by atoms with Gasteiger partial charge in [-0.25, -0.2) is 0 Å². The number of halogens is 4. The van der Waals surface area contributed by atoms with E-state index in [0.29, 0.717) is 6.07 Å². The number of anilines is 1. The maximum atomic E-state index is 12.7. The van der Waals surface area contributed by atoms with Crippen LogP contribution >= 0.6 is 11.6 Å². The highest BCUT2D eigenvalue weighted by Crippen LogP contribution is 2.36. The number of allylic oxidation sites excluding steroid dienone is 1. The van der Waals surface area contributed by atoms with Crippen molar-refractivity contribution in [1.29, 1.82) is 5.26 Å². The molecule has 1 rings (SSSR count). The van der Waals surface area contributed by atoms with Gasteiger partial charge in [0, 0.05) is 12.1 Å². The topological polar surface area (TPSA) is 73.1 Å². The lowest BCUT2D eigenvalue weighted by Gasteiger charge is -2.11. The van der Waals surface area contributed by atoms with Gasteiger partial charge in [-0.3, -0.25) is 4.79 Å². The van der Waals surface area contributed by atoms with Crippen LogP contribution in [0.3, 0.4) is 0 Å². The highest BCUT2D eigenvalue weighted by Gasteiger charge is 2.33. The SMILES string of the molecule is C=CC/C(O)=C(\C#N)C(=O)Nc1ccc(Cl)c(C(F)(F)F)c1. The molecule has 0 heterocycles. The second-order valence-electron chi connectivity index (χ2n) is 4.07. The summed E-state index contributed by atoms with van der Waals surface area (Å²) in [6, 6.07) is 4.24. The number of aliphatic hydroxyl groups excluding tert-OH is 1. The number of benzene rings is 1. The molecule has 0 unspecified atom stereocenters. The number of nitrogens with zero attached hydrogens (tertiary/aromatic N) is 1. The molecule has 0 aliphatic carbocycles. The van der Waals surface area contributed by atoms with E-state index < -0.39 is 34.0 Å². The molecule has 4 nitrogen and oxygen atoms in total. The van der Waals surface area contributed by atoms with Crippen LogP contribution < -0.4 is 5.32 Å². The van der Waals surface area contributed by atoms with E-state index in [9.17, 15) is 23.1 Å². The molecule has 0 atom stereocenters. The Bertz CT molecular complexity index is 676. The number of aliphatic hydroxyl groups is 1. The summed E-state index contributed by atoms with van der Waals surface area (Å²) in [5.41, 5.74) is -1.94. The van der Waals surface area contributed by atoms with Crippen molar-refractivity contribution in [2.24, 2.45) is 0 Å². The number of hydrogen-bond acceptors (Lipinski definition) is 3. The van der Waals surface area contributed by atoms with Crippen molar-refractivity contribution in [3.8, 4) is 6.07 Å². The van der Waals surface area contributed by atoms with E-state index in [0.717, 1.165) is 12.1 Å². The fraction of sp³-hybridized carbons (Fsp3) is 0.143. The largest absolute Gasteiger partial charge is 0.510 e. The van der Waals surface area contributed by atoms with Crippen LogP contribution in [0.4, 0.5) is 18.9 Å². The van der Waals surface area contributed by atoms with Crippen molar-refractivity contribution in [2.45, 2.75) is 12.6 Å². The van der Waals surface area contributed by atoms with Crippen molar-refractivity contribution < 1.29 is 23.1 Å². The Morgan fingerprint density at radius 1 is 1.50 bits per heavy atom. The van der Waals surface area contributed by atoms with Gasteiger partial charge in [-0.05, 0) is 18.2 Å². The van der Waals surface area contributed by atoms with Gasteiger partial charge in [0.15, 0.2) is 5.57 Å². The number of amides is 1. The molecule has 0 aliphatic rings. The Kier molecular flexibility index (Phi) is 5.60. The van der Waals surface area contributed by atoms with Crippen LogP contribution in [0, 0.1) is 11.3 Å². The van der Waals surface area contributed by atoms with E-state index in [1.54, 1.807) is 0 Å². The average molecular weight is 331 g/mol. The van der Waals surface area contributed by atoms with E-state index in [4.69, 9.17) is 16.9 Å². The molecule has 0 bridgehead atoms. The molecule has 0 saturated carbocycles. The summed E-state index contributed by atoms with van der Waals surface area (Å²) in [6.45, 7) is 3.33. The molecule has 0 fully saturated rings. The van der Waals surface area contributed by atoms with Crippen molar-refractivity contribution in [1.82, 2.24) is 0 Å². The predicted octanol–water partition coefficient (Wildman–Crippen LogP) is 4.21. The Morgan fingerprint density at radius 3 is 2.64 bits per heavy atom. The van der Waals surface area contributed by atoms with E-state index in [1.165, 1.54) is 12.1 Å². The number of hydrogen-bond donors (Lipinski definition) is 2. The summed E-state index contributed by atoms with van der Waals surface area (Å²) in [5, 5.41) is 19.9. The van der Waals surface area contributed by atoms with Gasteiger partial charge in [0.2, 0.25) is 0 Å². The van der Waals surface area contributed by atoms with Crippen molar-refractivity contribution in [3.05, 3.63) is 52.8 Å². The number of nitriles is 1. The van der Waals surface area contributed by atoms with Crippen LogP contribution in [0.5, 0.6) is 0 Å². The smallest absolute Gasteiger partial charge is 0.417 e. The lowest BCUT2D eigenvalue weighted by Crippen LogP contribution is -2.16. The molecule has 1 amide bonds. The van der Waals surface area contributed by atoms with Crippen molar-refractivity contribution >= 4 is 23.2 Å². The van der Waals surface area contributed by atoms with Gasteiger partial charge in [0.25, 0.3) is 5.91 Å². The molecule has 2 N–H and O–H groups in total. The van der Waals surface area contributed by atoms with Crippen LogP contribution in [0.25, 0.3) is 0 Å². The molecular formula is C14H10ClF3N2O2. The van der Waals surface area contributed by atoms with Crippen LogP contribution in [-0.4, -0.2) is 11.0 Å². The Labute approximate surface area is 129 Å². The van der Waals surface area contributed by atoms with Crippen LogP contribution in [-0.2, 0) is 11.0 Å². The fourth-order valence-corrected chi connectivity index (χ4v) is 1.72. The van der Waals surface area contributed by atoms with Gasteiger partial charge in [-0.1, -0.05) is 17.7 Å². The fourth-order valence-electron chi connectivity index (χ4n) is 1.50. The summed E-state index contributed by atoms with van der Waals surface area (Å²) in [7, 11) is 0. The Morgan fingerprint density at radius 2 is 2.14 bits per heavy atom. The molecular weight excluding hydrogens is 321 g/mol. The molecule has 0 spiro atoms. The summed E-state index contributed by atoms with van der Waals surface area (Å²) in [4.78, 5) is 11.8. The summed E-state index contributed by atoms with van der Waals surface area (Å²) < 4.78 is 38.1. The van der Waals surface area contributed by atoms with Crippen LogP contribution in [0.1, 0.15) is 12.0 Å². The number of nitrogens with one attached hydrogen (secondary N) is 1. The van der Waals surface area contributed by atoms with Gasteiger partial charge < -0.3 is 10.4 Å². The normalized spacial score (nSPS) is 12.1. The molecule has 0 aromatic heterocycles. The summed E-state index contributed by atoms with van der Waals surface area (Å²) in [5.74, 6) is -1.56. The zero-order valence-corrected chi connectivity index (χ0v) is 11.8. The second kappa shape index (κ2) is 7.00. The van der Waals surface area contributed by atoms with Gasteiger partial charge in [0.05, 0.1) is 10.6 Å². The van der Waals surface area contributed by atoms with Gasteiger partial charge in [-0.2, -0.15) is 18.4 Å². The number of rotatable bonds is 4. The van der Waals surface area contributed by atoms with Gasteiger partial charge in [-0.15, -0.1) is 6.58 Å². The lowest BCUT2D eigenvalue weighted by molar-refractivity contribution is -0.137. The van der Waals surface area contributed by atoms with E-state index >= 15 is 0 Å². The van der Waals surface area contributed by atoms with Crippen LogP contribution in [0.2, 0.25) is 5.02 Å². The van der Waals surface area contributed by atoms with Gasteiger partial charge >= 0.3 is 6.18 Å². The Hall–Kier alpha value is -2.46. The third-order valence-electron chi connectivity index (χ3n) is 2.49. The maximum Gasteiger partial charge on any atom is 0.417 e. The highest BCUT2D eigenvalue weighted by atomic mass is 35.5. The van der Waals surface area contributed by atoms with E-state index in [2.05, 4.69) is 11.9 Å². The molecule has 22 heavy (non-hydrogen) atoms. The summed E-state index contributed by atoms with van der Waals surface area (Å²) in [6.07, 6.45) is -3.54. The monoisotopic (exact) mass is 330 g/mol. The van der Waals surface area contributed by atoms with Crippen molar-refractivity contribution in [2.75, 3.05) is 5.32 Å². The minimum Gasteiger partial charge on any atom is -0.510 e. The highest BCUT2D eigenvalue weighted by molar-refractivity contribution is 6.31. The molecule has 0 aliphatic heterocycles. The number of carbonyl (C=O) groups excluding carboxylic acids is 1. The van der Waals surface area contributed by atoms with Crippen molar-refractivity contribution in [3.63, 3.8) is 0 Å². The molecule has 1 aromatic carbocycles. The Balaban J connectivity index is 3.11. The first-order valence-electron chi connectivity index (χ1n) is 5.82. The second-order valence-corrected chi connectivity index (χ2v) is 4.48. The maximum absolute atomic E-state index is 12.7. The quantitative estimate of drug-likeness (QED) is 0.376. The van der Waals surface area contributed by atoms with E-state index in [1.807, 2.05) is 0 Å². The predicted molar refractivity (Wildman–Crippen MR) is 75.2 cm³/mol. The third kappa shape index (κ3) is 4.27. The molecule has 116 valence electrons. The zero-order chi connectivity index (χ0) is 16.9.